The highest BCUT2D eigenvalue weighted by Gasteiger charge is 2.40. The van der Waals surface area contributed by atoms with Crippen LogP contribution in [0.1, 0.15) is 46.2 Å². The molecule has 1 fully saturated rings. The number of piperazine rings is 1. The maximum Gasteiger partial charge on any atom is 0.338 e. The first-order valence-electron chi connectivity index (χ1n) is 13.1. The van der Waals surface area contributed by atoms with E-state index in [-0.39, 0.29) is 30.8 Å². The molecular formula is C27H41N5O6. The van der Waals surface area contributed by atoms with Gasteiger partial charge in [0.05, 0.1) is 32.4 Å². The number of nitrogens with zero attached hydrogens (tertiary/aromatic N) is 3. The third-order valence-corrected chi connectivity index (χ3v) is 6.76. The SMILES string of the molecule is CCOC(=O)C1=C(CN2CCN(C(=O)NC(C)C)[C@@H](C)C2)N(CC)C(=O)N[C@H]1c1cc(OC)ccc1OC. The van der Waals surface area contributed by atoms with Gasteiger partial charge in [0.2, 0.25) is 0 Å². The zero-order valence-electron chi connectivity index (χ0n) is 23.5. The minimum absolute atomic E-state index is 0.0455. The van der Waals surface area contributed by atoms with Crippen molar-refractivity contribution < 1.29 is 28.6 Å². The summed E-state index contributed by atoms with van der Waals surface area (Å²) in [7, 11) is 3.10. The Morgan fingerprint density at radius 1 is 1.16 bits per heavy atom. The fourth-order valence-corrected chi connectivity index (χ4v) is 4.98. The number of methoxy groups -OCH3 is 2. The Bertz CT molecular complexity index is 1060. The number of carbonyl (C=O) groups is 3. The molecule has 0 saturated carbocycles. The molecule has 38 heavy (non-hydrogen) atoms. The second kappa shape index (κ2) is 12.9. The third kappa shape index (κ3) is 6.32. The predicted molar refractivity (Wildman–Crippen MR) is 143 cm³/mol. The van der Waals surface area contributed by atoms with E-state index in [1.54, 1.807) is 44.2 Å². The van der Waals surface area contributed by atoms with Crippen molar-refractivity contribution in [2.24, 2.45) is 0 Å². The minimum Gasteiger partial charge on any atom is -0.497 e. The average molecular weight is 532 g/mol. The second-order valence-electron chi connectivity index (χ2n) is 9.70. The number of rotatable bonds is 9. The summed E-state index contributed by atoms with van der Waals surface area (Å²) in [5, 5.41) is 5.93. The van der Waals surface area contributed by atoms with Crippen LogP contribution in [-0.2, 0) is 9.53 Å². The van der Waals surface area contributed by atoms with Crippen molar-refractivity contribution >= 4 is 18.0 Å². The average Bonchev–Trinajstić information content (AvgIpc) is 2.87. The van der Waals surface area contributed by atoms with Crippen LogP contribution in [0.25, 0.3) is 0 Å². The van der Waals surface area contributed by atoms with Gasteiger partial charge in [-0.3, -0.25) is 9.80 Å². The van der Waals surface area contributed by atoms with Crippen molar-refractivity contribution in [3.8, 4) is 11.5 Å². The second-order valence-corrected chi connectivity index (χ2v) is 9.70. The fourth-order valence-electron chi connectivity index (χ4n) is 4.98. The molecule has 2 N–H and O–H groups in total. The van der Waals surface area contributed by atoms with Gasteiger partial charge in [-0.2, -0.15) is 0 Å². The Labute approximate surface area is 225 Å². The van der Waals surface area contributed by atoms with Crippen LogP contribution in [0.4, 0.5) is 9.59 Å². The maximum absolute atomic E-state index is 13.5. The van der Waals surface area contributed by atoms with Crippen LogP contribution < -0.4 is 20.1 Å². The molecule has 1 aromatic carbocycles. The van der Waals surface area contributed by atoms with Gasteiger partial charge in [-0.15, -0.1) is 0 Å². The van der Waals surface area contributed by atoms with E-state index in [2.05, 4.69) is 15.5 Å². The van der Waals surface area contributed by atoms with Gasteiger partial charge in [0.1, 0.15) is 11.5 Å². The molecule has 2 heterocycles. The molecular weight excluding hydrogens is 490 g/mol. The molecule has 0 radical (unpaired) electrons. The Kier molecular flexibility index (Phi) is 9.84. The number of esters is 1. The van der Waals surface area contributed by atoms with Crippen molar-refractivity contribution in [3.05, 3.63) is 35.0 Å². The highest BCUT2D eigenvalue weighted by atomic mass is 16.5. The van der Waals surface area contributed by atoms with E-state index in [9.17, 15) is 14.4 Å². The molecule has 2 aliphatic rings. The summed E-state index contributed by atoms with van der Waals surface area (Å²) >= 11 is 0. The number of likely N-dealkylation sites (N-methyl/N-ethyl adjacent to an activating group) is 1. The van der Waals surface area contributed by atoms with E-state index in [0.717, 1.165) is 0 Å². The molecule has 1 aromatic rings. The summed E-state index contributed by atoms with van der Waals surface area (Å²) in [6, 6.07) is 4.08. The number of benzene rings is 1. The predicted octanol–water partition coefficient (Wildman–Crippen LogP) is 2.73. The Hall–Kier alpha value is -3.47. The normalized spacial score (nSPS) is 20.4. The summed E-state index contributed by atoms with van der Waals surface area (Å²) in [6.45, 7) is 12.1. The van der Waals surface area contributed by atoms with Crippen LogP contribution in [0.3, 0.4) is 0 Å². The molecule has 210 valence electrons. The molecule has 0 unspecified atom stereocenters. The molecule has 0 bridgehead atoms. The lowest BCUT2D eigenvalue weighted by atomic mass is 9.93. The summed E-state index contributed by atoms with van der Waals surface area (Å²) in [5.74, 6) is 0.585. The lowest BCUT2D eigenvalue weighted by Crippen LogP contribution is -2.58. The molecule has 4 amide bonds. The van der Waals surface area contributed by atoms with E-state index < -0.39 is 12.0 Å². The smallest absolute Gasteiger partial charge is 0.338 e. The summed E-state index contributed by atoms with van der Waals surface area (Å²) in [6.07, 6.45) is 0. The Morgan fingerprint density at radius 2 is 1.89 bits per heavy atom. The van der Waals surface area contributed by atoms with Gasteiger partial charge in [0, 0.05) is 56.1 Å². The van der Waals surface area contributed by atoms with Crippen molar-refractivity contribution in [1.29, 1.82) is 0 Å². The largest absolute Gasteiger partial charge is 0.497 e. The van der Waals surface area contributed by atoms with Crippen LogP contribution in [-0.4, -0.2) is 98.4 Å². The zero-order valence-corrected chi connectivity index (χ0v) is 23.5. The van der Waals surface area contributed by atoms with Crippen LogP contribution in [0.2, 0.25) is 0 Å². The van der Waals surface area contributed by atoms with E-state index in [0.29, 0.717) is 61.1 Å². The number of nitrogens with one attached hydrogen (secondary N) is 2. The molecule has 3 rings (SSSR count). The Balaban J connectivity index is 2.02. The van der Waals surface area contributed by atoms with Crippen LogP contribution in [0.15, 0.2) is 29.5 Å². The standard InChI is InChI=1S/C27H41N5O6/c1-8-31-21(16-30-12-13-32(18(5)15-30)26(34)28-17(3)4)23(25(33)38-9-2)24(29-27(31)35)20-14-19(36-6)10-11-22(20)37-7/h10-11,14,17-18,24H,8-9,12-13,15-16H2,1-7H3,(H,28,34)(H,29,35)/t18-,24-/m0/s1. The third-order valence-electron chi connectivity index (χ3n) is 6.76. The lowest BCUT2D eigenvalue weighted by Gasteiger charge is -2.43. The van der Waals surface area contributed by atoms with E-state index >= 15 is 0 Å². The molecule has 11 heteroatoms. The van der Waals surface area contributed by atoms with E-state index in [1.165, 1.54) is 0 Å². The topological polar surface area (TPSA) is 113 Å². The van der Waals surface area contributed by atoms with E-state index in [4.69, 9.17) is 14.2 Å². The molecule has 1 saturated heterocycles. The Morgan fingerprint density at radius 3 is 2.47 bits per heavy atom. The van der Waals surface area contributed by atoms with Gasteiger partial charge in [0.25, 0.3) is 0 Å². The number of carbonyl (C=O) groups excluding carboxylic acids is 3. The summed E-state index contributed by atoms with van der Waals surface area (Å²) in [5.41, 5.74) is 1.53. The number of urea groups is 2. The highest BCUT2D eigenvalue weighted by molar-refractivity contribution is 5.95. The van der Waals surface area contributed by atoms with Crippen molar-refractivity contribution in [1.82, 2.24) is 25.3 Å². The quantitative estimate of drug-likeness (QED) is 0.471. The van der Waals surface area contributed by atoms with Crippen molar-refractivity contribution in [2.75, 3.05) is 53.6 Å². The first-order valence-corrected chi connectivity index (χ1v) is 13.1. The van der Waals surface area contributed by atoms with Crippen LogP contribution in [0.5, 0.6) is 11.5 Å². The molecule has 11 nitrogen and oxygen atoms in total. The monoisotopic (exact) mass is 531 g/mol. The van der Waals surface area contributed by atoms with E-state index in [1.807, 2.05) is 32.6 Å². The number of hydrogen-bond donors (Lipinski definition) is 2. The van der Waals surface area contributed by atoms with Gasteiger partial charge in [-0.25, -0.2) is 14.4 Å². The minimum atomic E-state index is -0.792. The molecule has 0 aliphatic carbocycles. The molecule has 2 atom stereocenters. The molecule has 0 spiro atoms. The van der Waals surface area contributed by atoms with Gasteiger partial charge in [0.15, 0.2) is 0 Å². The molecule has 0 aromatic heterocycles. The van der Waals surface area contributed by atoms with Gasteiger partial charge in [-0.05, 0) is 52.8 Å². The molecule has 2 aliphatic heterocycles. The highest BCUT2D eigenvalue weighted by Crippen LogP contribution is 2.38. The summed E-state index contributed by atoms with van der Waals surface area (Å²) < 4.78 is 16.5. The number of hydrogen-bond acceptors (Lipinski definition) is 7. The number of ether oxygens (including phenoxy) is 3. The van der Waals surface area contributed by atoms with Crippen LogP contribution in [0, 0.1) is 0 Å². The maximum atomic E-state index is 13.5. The summed E-state index contributed by atoms with van der Waals surface area (Å²) in [4.78, 5) is 45.0. The first kappa shape index (κ1) is 29.1. The van der Waals surface area contributed by atoms with Gasteiger partial charge < -0.3 is 29.7 Å². The van der Waals surface area contributed by atoms with Crippen molar-refractivity contribution in [2.45, 2.75) is 52.7 Å². The van der Waals surface area contributed by atoms with Crippen LogP contribution >= 0.6 is 0 Å². The fraction of sp³-hybridized carbons (Fsp3) is 0.593. The van der Waals surface area contributed by atoms with Gasteiger partial charge in [-0.1, -0.05) is 0 Å². The number of amides is 4. The first-order chi connectivity index (χ1) is 18.1. The van der Waals surface area contributed by atoms with Crippen molar-refractivity contribution in [3.63, 3.8) is 0 Å². The van der Waals surface area contributed by atoms with Gasteiger partial charge >= 0.3 is 18.0 Å². The zero-order chi connectivity index (χ0) is 28.0. The lowest BCUT2D eigenvalue weighted by molar-refractivity contribution is -0.139.